The zero-order valence-corrected chi connectivity index (χ0v) is 7.99. The van der Waals surface area contributed by atoms with Crippen molar-refractivity contribution in [3.8, 4) is 0 Å². The number of hydrogen-bond acceptors (Lipinski definition) is 0. The van der Waals surface area contributed by atoms with Crippen LogP contribution in [-0.2, 0) is 13.5 Å². The van der Waals surface area contributed by atoms with Gasteiger partial charge in [-0.05, 0) is 0 Å². The van der Waals surface area contributed by atoms with Gasteiger partial charge in [-0.15, -0.1) is 0 Å². The molecular weight excluding hydrogens is 199 g/mol. The summed E-state index contributed by atoms with van der Waals surface area (Å²) in [7, 11) is 0. The molecular formula is C4H10SSn. The van der Waals surface area contributed by atoms with Crippen LogP contribution in [0.25, 0.3) is 0 Å². The molecule has 0 rings (SSSR count). The Morgan fingerprint density at radius 3 is 2.00 bits per heavy atom. The van der Waals surface area contributed by atoms with Crippen molar-refractivity contribution in [2.24, 2.45) is 0 Å². The zero-order valence-electron chi connectivity index (χ0n) is 4.32. The summed E-state index contributed by atoms with van der Waals surface area (Å²) in [6.07, 6.45) is 1.42. The molecule has 0 spiro atoms. The third-order valence-electron chi connectivity index (χ3n) is 0.500. The Morgan fingerprint density at radius 1 is 1.50 bits per heavy atom. The van der Waals surface area contributed by atoms with Crippen molar-refractivity contribution < 1.29 is 0 Å². The van der Waals surface area contributed by atoms with E-state index in [1.807, 2.05) is 0 Å². The summed E-state index contributed by atoms with van der Waals surface area (Å²) in [4.78, 5) is 2.38. The largest absolute Gasteiger partial charge is 2.00 e. The second kappa shape index (κ2) is 9.47. The van der Waals surface area contributed by atoms with Gasteiger partial charge in [0.15, 0.2) is 0 Å². The van der Waals surface area contributed by atoms with Gasteiger partial charge in [-0.1, -0.05) is 0 Å². The average molecular weight is 209 g/mol. The Hall–Kier alpha value is 1.15. The van der Waals surface area contributed by atoms with Gasteiger partial charge in [-0.25, -0.2) is 0 Å². The van der Waals surface area contributed by atoms with Crippen molar-refractivity contribution >= 4 is 34.6 Å². The van der Waals surface area contributed by atoms with E-state index in [0.717, 1.165) is 0 Å². The van der Waals surface area contributed by atoms with Crippen LogP contribution in [0.1, 0.15) is 13.3 Å². The van der Waals surface area contributed by atoms with E-state index in [4.69, 9.17) is 0 Å². The third kappa shape index (κ3) is 8.94. The normalized spacial score (nSPS) is 5.67. The van der Waals surface area contributed by atoms with Gasteiger partial charge < -0.3 is 13.5 Å². The fourth-order valence-corrected chi connectivity index (χ4v) is 1.68. The minimum Gasteiger partial charge on any atom is -2.00 e. The van der Waals surface area contributed by atoms with E-state index in [1.165, 1.54) is 6.42 Å². The maximum Gasteiger partial charge on any atom is -2.00 e. The van der Waals surface area contributed by atoms with Gasteiger partial charge in [0.25, 0.3) is 0 Å². The summed E-state index contributed by atoms with van der Waals surface area (Å²) in [5.41, 5.74) is 0. The molecule has 0 unspecified atom stereocenters. The second-order valence-electron chi connectivity index (χ2n) is 1.10. The molecule has 0 aliphatic rings. The van der Waals surface area contributed by atoms with Crippen LogP contribution < -0.4 is 0 Å². The van der Waals surface area contributed by atoms with E-state index in [1.54, 1.807) is 4.44 Å². The molecule has 0 bridgehead atoms. The topological polar surface area (TPSA) is 0 Å². The number of rotatable bonds is 2. The molecule has 0 aromatic carbocycles. The fraction of sp³-hybridized carbons (Fsp3) is 1.00. The SMILES string of the molecule is CC[CH2][Sn+2][CH3].[S-2]. The second-order valence-corrected chi connectivity index (χ2v) is 4.55. The molecule has 0 saturated carbocycles. The first-order valence-corrected chi connectivity index (χ1v) is 6.93. The molecule has 6 heavy (non-hydrogen) atoms. The van der Waals surface area contributed by atoms with Gasteiger partial charge >= 0.3 is 43.9 Å². The van der Waals surface area contributed by atoms with Crippen LogP contribution in [0.2, 0.25) is 9.38 Å². The molecule has 2 heteroatoms. The first-order valence-electron chi connectivity index (χ1n) is 2.06. The van der Waals surface area contributed by atoms with E-state index in [9.17, 15) is 0 Å². The molecule has 0 amide bonds. The molecule has 0 atom stereocenters. The molecule has 0 aliphatic heterocycles. The summed E-state index contributed by atoms with van der Waals surface area (Å²) in [6.45, 7) is 2.25. The maximum absolute atomic E-state index is 2.38. The predicted octanol–water partition coefficient (Wildman–Crippen LogP) is 1.56. The molecule has 0 N–H and O–H groups in total. The Kier molecular flexibility index (Phi) is 16.1. The summed E-state index contributed by atoms with van der Waals surface area (Å²) < 4.78 is 1.56. The van der Waals surface area contributed by atoms with Gasteiger partial charge in [-0.3, -0.25) is 0 Å². The van der Waals surface area contributed by atoms with E-state index in [2.05, 4.69) is 11.9 Å². The molecule has 0 heterocycles. The van der Waals surface area contributed by atoms with Crippen molar-refractivity contribution in [3.05, 3.63) is 0 Å². The molecule has 0 fully saturated rings. The van der Waals surface area contributed by atoms with Crippen LogP contribution in [0.4, 0.5) is 0 Å². The van der Waals surface area contributed by atoms with Crippen LogP contribution in [0, 0.1) is 0 Å². The van der Waals surface area contributed by atoms with Crippen LogP contribution in [0.15, 0.2) is 0 Å². The molecule has 0 aromatic rings. The Labute approximate surface area is 57.4 Å². The molecule has 0 nitrogen and oxygen atoms in total. The summed E-state index contributed by atoms with van der Waals surface area (Å²) in [5, 5.41) is 0. The van der Waals surface area contributed by atoms with Crippen LogP contribution in [0.3, 0.4) is 0 Å². The van der Waals surface area contributed by atoms with E-state index >= 15 is 0 Å². The standard InChI is InChI=1S/C3H7.CH3.S.Sn/c1-3-2;;;/h1,3H2,2H3;1H3;;/q;;-2;+2. The third-order valence-corrected chi connectivity index (χ3v) is 3.35. The van der Waals surface area contributed by atoms with Gasteiger partial charge in [0.2, 0.25) is 0 Å². The van der Waals surface area contributed by atoms with Crippen molar-refractivity contribution in [1.29, 1.82) is 0 Å². The molecule has 0 saturated heterocycles. The molecule has 36 valence electrons. The van der Waals surface area contributed by atoms with Gasteiger partial charge in [0.05, 0.1) is 0 Å². The van der Waals surface area contributed by atoms with E-state index in [0.29, 0.717) is 0 Å². The summed E-state index contributed by atoms with van der Waals surface area (Å²) in [6, 6.07) is 0. The molecule has 0 aliphatic carbocycles. The van der Waals surface area contributed by atoms with Gasteiger partial charge in [0.1, 0.15) is 0 Å². The summed E-state index contributed by atoms with van der Waals surface area (Å²) >= 11 is 0.206. The van der Waals surface area contributed by atoms with Crippen molar-refractivity contribution in [2.45, 2.75) is 22.7 Å². The quantitative estimate of drug-likeness (QED) is 0.605. The monoisotopic (exact) mass is 210 g/mol. The fourth-order valence-electron chi connectivity index (χ4n) is 0.250. The average Bonchev–Trinajstić information content (AvgIpc) is 1.41. The van der Waals surface area contributed by atoms with Crippen molar-refractivity contribution in [2.75, 3.05) is 0 Å². The first kappa shape index (κ1) is 10.2. The zero-order chi connectivity index (χ0) is 4.12. The van der Waals surface area contributed by atoms with Crippen LogP contribution in [-0.4, -0.2) is 21.1 Å². The molecule has 0 aromatic heterocycles. The maximum atomic E-state index is 2.38. The van der Waals surface area contributed by atoms with Crippen LogP contribution in [0.5, 0.6) is 0 Å². The van der Waals surface area contributed by atoms with Crippen molar-refractivity contribution in [3.63, 3.8) is 0 Å². The Balaban J connectivity index is 0. The van der Waals surface area contributed by atoms with Gasteiger partial charge in [-0.2, -0.15) is 0 Å². The van der Waals surface area contributed by atoms with E-state index < -0.39 is 0 Å². The summed E-state index contributed by atoms with van der Waals surface area (Å²) in [5.74, 6) is 0. The first-order chi connectivity index (χ1) is 2.41. The van der Waals surface area contributed by atoms with Crippen LogP contribution >= 0.6 is 0 Å². The van der Waals surface area contributed by atoms with Crippen molar-refractivity contribution in [1.82, 2.24) is 0 Å². The minimum atomic E-state index is 0. The Morgan fingerprint density at radius 2 is 2.00 bits per heavy atom. The predicted molar refractivity (Wildman–Crippen MR) is 34.1 cm³/mol. The Bertz CT molecular complexity index is 15.0. The van der Waals surface area contributed by atoms with E-state index in [-0.39, 0.29) is 34.6 Å². The minimum absolute atomic E-state index is 0. The van der Waals surface area contributed by atoms with Gasteiger partial charge in [0, 0.05) is 0 Å². The molecule has 0 radical (unpaired) electrons. The smallest absolute Gasteiger partial charge is 2.00 e. The number of hydrogen-bond donors (Lipinski definition) is 0.